The van der Waals surface area contributed by atoms with E-state index in [1.54, 1.807) is 0 Å². The molecule has 0 aromatic heterocycles. The number of carbonyl (C=O) groups is 1. The Bertz CT molecular complexity index is 115. The van der Waals surface area contributed by atoms with E-state index in [0.29, 0.717) is 13.0 Å². The second kappa shape index (κ2) is 6.16. The molecule has 1 amide bonds. The lowest BCUT2D eigenvalue weighted by molar-refractivity contribution is -0.165. The second-order valence-corrected chi connectivity index (χ2v) is 2.47. The highest BCUT2D eigenvalue weighted by Gasteiger charge is 2.07. The minimum absolute atomic E-state index is 0.199. The zero-order chi connectivity index (χ0) is 8.69. The van der Waals surface area contributed by atoms with E-state index in [9.17, 15) is 4.79 Å². The molecule has 3 heteroatoms. The van der Waals surface area contributed by atoms with Crippen LogP contribution in [0.1, 0.15) is 32.6 Å². The van der Waals surface area contributed by atoms with E-state index in [0.717, 1.165) is 24.3 Å². The van der Waals surface area contributed by atoms with Crippen molar-refractivity contribution >= 4 is 5.91 Å². The van der Waals surface area contributed by atoms with Crippen LogP contribution in [0.3, 0.4) is 0 Å². The number of rotatable bonds is 5. The molecule has 0 saturated carbocycles. The third-order valence-electron chi connectivity index (χ3n) is 1.36. The van der Waals surface area contributed by atoms with Gasteiger partial charge in [0, 0.05) is 13.0 Å². The molecule has 0 spiro atoms. The largest absolute Gasteiger partial charge is 0.286 e. The number of nitrogens with zero attached hydrogens (tertiary/aromatic N) is 1. The standard InChI is InChI=1S/C8H16NO2/c1-3-5-6-8(10)9(11)7-4-2/h11H,1,3-7H2,2H3. The van der Waals surface area contributed by atoms with Crippen LogP contribution >= 0.6 is 0 Å². The molecule has 0 atom stereocenters. The maximum Gasteiger partial charge on any atom is 0.245 e. The molecule has 0 fully saturated rings. The summed E-state index contributed by atoms with van der Waals surface area (Å²) >= 11 is 0. The Morgan fingerprint density at radius 1 is 1.64 bits per heavy atom. The van der Waals surface area contributed by atoms with E-state index < -0.39 is 0 Å². The van der Waals surface area contributed by atoms with Crippen molar-refractivity contribution in [1.82, 2.24) is 5.06 Å². The molecular weight excluding hydrogens is 142 g/mol. The van der Waals surface area contributed by atoms with E-state index in [2.05, 4.69) is 6.92 Å². The van der Waals surface area contributed by atoms with E-state index in [4.69, 9.17) is 5.21 Å². The lowest BCUT2D eigenvalue weighted by atomic mass is 10.2. The quantitative estimate of drug-likeness (QED) is 0.488. The fourth-order valence-electron chi connectivity index (χ4n) is 0.742. The molecule has 0 aliphatic rings. The number of hydrogen-bond donors (Lipinski definition) is 1. The van der Waals surface area contributed by atoms with Crippen molar-refractivity contribution in [2.45, 2.75) is 32.6 Å². The molecule has 0 aliphatic carbocycles. The summed E-state index contributed by atoms with van der Waals surface area (Å²) in [6.07, 6.45) is 2.68. The lowest BCUT2D eigenvalue weighted by Gasteiger charge is -2.12. The molecule has 65 valence electrons. The molecule has 0 heterocycles. The van der Waals surface area contributed by atoms with Crippen LogP contribution in [0.2, 0.25) is 0 Å². The molecule has 0 unspecified atom stereocenters. The van der Waals surface area contributed by atoms with Crippen LogP contribution in [-0.2, 0) is 4.79 Å². The van der Waals surface area contributed by atoms with Gasteiger partial charge in [-0.1, -0.05) is 20.3 Å². The van der Waals surface area contributed by atoms with Crippen molar-refractivity contribution in [3.05, 3.63) is 6.92 Å². The first kappa shape index (κ1) is 10.4. The minimum Gasteiger partial charge on any atom is -0.286 e. The molecular formula is C8H16NO2. The topological polar surface area (TPSA) is 40.5 Å². The monoisotopic (exact) mass is 158 g/mol. The van der Waals surface area contributed by atoms with Crippen molar-refractivity contribution in [2.75, 3.05) is 6.54 Å². The van der Waals surface area contributed by atoms with E-state index >= 15 is 0 Å². The zero-order valence-corrected chi connectivity index (χ0v) is 7.05. The van der Waals surface area contributed by atoms with Gasteiger partial charge in [-0.05, 0) is 12.8 Å². The molecule has 0 aromatic carbocycles. The van der Waals surface area contributed by atoms with E-state index in [1.807, 2.05) is 6.92 Å². The number of amides is 1. The van der Waals surface area contributed by atoms with Crippen LogP contribution < -0.4 is 0 Å². The molecule has 3 nitrogen and oxygen atoms in total. The van der Waals surface area contributed by atoms with Crippen molar-refractivity contribution < 1.29 is 10.0 Å². The summed E-state index contributed by atoms with van der Waals surface area (Å²) in [6.45, 7) is 5.95. The average Bonchev–Trinajstić information content (AvgIpc) is 2.00. The van der Waals surface area contributed by atoms with Crippen LogP contribution in [-0.4, -0.2) is 22.7 Å². The number of hydroxylamine groups is 2. The molecule has 0 bridgehead atoms. The summed E-state index contributed by atoms with van der Waals surface area (Å²) in [5.41, 5.74) is 0. The fraction of sp³-hybridized carbons (Fsp3) is 0.750. The Morgan fingerprint density at radius 2 is 2.27 bits per heavy atom. The molecule has 0 aliphatic heterocycles. The van der Waals surface area contributed by atoms with Gasteiger partial charge in [0.25, 0.3) is 0 Å². The summed E-state index contributed by atoms with van der Waals surface area (Å²) in [7, 11) is 0. The third-order valence-corrected chi connectivity index (χ3v) is 1.36. The molecule has 11 heavy (non-hydrogen) atoms. The minimum atomic E-state index is -0.199. The van der Waals surface area contributed by atoms with E-state index in [-0.39, 0.29) is 5.91 Å². The second-order valence-electron chi connectivity index (χ2n) is 2.47. The van der Waals surface area contributed by atoms with Gasteiger partial charge in [-0.2, -0.15) is 0 Å². The lowest BCUT2D eigenvalue weighted by Crippen LogP contribution is -2.27. The number of unbranched alkanes of at least 4 members (excludes halogenated alkanes) is 1. The van der Waals surface area contributed by atoms with Gasteiger partial charge >= 0.3 is 0 Å². The highest BCUT2D eigenvalue weighted by atomic mass is 16.5. The molecule has 0 aromatic rings. The molecule has 1 N–H and O–H groups in total. The smallest absolute Gasteiger partial charge is 0.245 e. The van der Waals surface area contributed by atoms with Crippen LogP contribution in [0.15, 0.2) is 0 Å². The first-order valence-corrected chi connectivity index (χ1v) is 4.00. The summed E-state index contributed by atoms with van der Waals surface area (Å²) in [5, 5.41) is 9.80. The fourth-order valence-corrected chi connectivity index (χ4v) is 0.742. The van der Waals surface area contributed by atoms with Crippen molar-refractivity contribution in [3.8, 4) is 0 Å². The van der Waals surface area contributed by atoms with Crippen LogP contribution in [0.25, 0.3) is 0 Å². The van der Waals surface area contributed by atoms with Crippen molar-refractivity contribution in [3.63, 3.8) is 0 Å². The number of carbonyl (C=O) groups excluding carboxylic acids is 1. The first-order valence-electron chi connectivity index (χ1n) is 4.00. The van der Waals surface area contributed by atoms with Gasteiger partial charge in [0.2, 0.25) is 5.91 Å². The van der Waals surface area contributed by atoms with Gasteiger partial charge < -0.3 is 0 Å². The molecule has 0 rings (SSSR count). The van der Waals surface area contributed by atoms with Gasteiger partial charge in [0.1, 0.15) is 0 Å². The molecule has 1 radical (unpaired) electrons. The van der Waals surface area contributed by atoms with Crippen molar-refractivity contribution in [1.29, 1.82) is 0 Å². The average molecular weight is 158 g/mol. The van der Waals surface area contributed by atoms with E-state index in [1.165, 1.54) is 0 Å². The van der Waals surface area contributed by atoms with Gasteiger partial charge in [-0.3, -0.25) is 10.0 Å². The third kappa shape index (κ3) is 4.79. The summed E-state index contributed by atoms with van der Waals surface area (Å²) in [6, 6.07) is 0. The molecule has 0 saturated heterocycles. The highest BCUT2D eigenvalue weighted by Crippen LogP contribution is 1.98. The van der Waals surface area contributed by atoms with Gasteiger partial charge in [0.15, 0.2) is 0 Å². The van der Waals surface area contributed by atoms with Crippen LogP contribution in [0, 0.1) is 6.92 Å². The van der Waals surface area contributed by atoms with Gasteiger partial charge in [-0.15, -0.1) is 0 Å². The Hall–Kier alpha value is -0.570. The van der Waals surface area contributed by atoms with Gasteiger partial charge in [-0.25, -0.2) is 5.06 Å². The maximum absolute atomic E-state index is 10.9. The Balaban J connectivity index is 3.47. The van der Waals surface area contributed by atoms with Crippen LogP contribution in [0.4, 0.5) is 0 Å². The Labute approximate surface area is 68.0 Å². The summed E-state index contributed by atoms with van der Waals surface area (Å²) < 4.78 is 0. The predicted molar refractivity (Wildman–Crippen MR) is 43.0 cm³/mol. The van der Waals surface area contributed by atoms with Crippen molar-refractivity contribution in [2.24, 2.45) is 0 Å². The Morgan fingerprint density at radius 3 is 2.73 bits per heavy atom. The zero-order valence-electron chi connectivity index (χ0n) is 7.05. The van der Waals surface area contributed by atoms with Gasteiger partial charge in [0.05, 0.1) is 0 Å². The SMILES string of the molecule is [CH2]CCCC(=O)N(O)CCC. The highest BCUT2D eigenvalue weighted by molar-refractivity contribution is 5.74. The number of hydrogen-bond acceptors (Lipinski definition) is 2. The maximum atomic E-state index is 10.9. The predicted octanol–water partition coefficient (Wildman–Crippen LogP) is 1.62. The normalized spacial score (nSPS) is 9.73. The first-order chi connectivity index (χ1) is 5.22. The summed E-state index contributed by atoms with van der Waals surface area (Å²) in [5.74, 6) is -0.199. The van der Waals surface area contributed by atoms with Crippen LogP contribution in [0.5, 0.6) is 0 Å². The Kier molecular flexibility index (Phi) is 5.84. The summed E-state index contributed by atoms with van der Waals surface area (Å²) in [4.78, 5) is 10.9.